The fourth-order valence-corrected chi connectivity index (χ4v) is 2.43. The van der Waals surface area contributed by atoms with Gasteiger partial charge in [0.2, 0.25) is 5.89 Å². The number of ether oxygens (including phenoxy) is 1. The molecule has 0 aliphatic rings. The van der Waals surface area contributed by atoms with Gasteiger partial charge in [0.15, 0.2) is 12.4 Å². The van der Waals surface area contributed by atoms with E-state index in [0.717, 1.165) is 5.56 Å². The lowest BCUT2D eigenvalue weighted by Crippen LogP contribution is -2.28. The van der Waals surface area contributed by atoms with Gasteiger partial charge in [0.1, 0.15) is 0 Å². The van der Waals surface area contributed by atoms with Crippen molar-refractivity contribution in [1.82, 2.24) is 10.3 Å². The van der Waals surface area contributed by atoms with Crippen LogP contribution in [0.5, 0.6) is 0 Å². The van der Waals surface area contributed by atoms with E-state index < -0.39 is 11.9 Å². The molecular weight excluding hydrogens is 344 g/mol. The van der Waals surface area contributed by atoms with Crippen LogP contribution in [0.1, 0.15) is 10.4 Å². The number of hydrogen-bond acceptors (Lipinski definition) is 5. The van der Waals surface area contributed by atoms with Crippen LogP contribution >= 0.6 is 0 Å². The summed E-state index contributed by atoms with van der Waals surface area (Å²) in [5, 5.41) is 2.54. The molecule has 0 unspecified atom stereocenters. The number of benzene rings is 2. The Morgan fingerprint density at radius 1 is 1.11 bits per heavy atom. The average molecular weight is 362 g/mol. The zero-order valence-electron chi connectivity index (χ0n) is 14.6. The van der Waals surface area contributed by atoms with Crippen molar-refractivity contribution in [2.24, 2.45) is 0 Å². The summed E-state index contributed by atoms with van der Waals surface area (Å²) in [7, 11) is 0. The Hall–Kier alpha value is -3.67. The molecule has 27 heavy (non-hydrogen) atoms. The van der Waals surface area contributed by atoms with Gasteiger partial charge in [0.05, 0.1) is 17.3 Å². The first kappa shape index (κ1) is 18.1. The van der Waals surface area contributed by atoms with E-state index in [1.807, 2.05) is 30.3 Å². The monoisotopic (exact) mass is 362 g/mol. The van der Waals surface area contributed by atoms with Crippen molar-refractivity contribution < 1.29 is 18.7 Å². The van der Waals surface area contributed by atoms with Crippen LogP contribution in [0.4, 0.5) is 0 Å². The van der Waals surface area contributed by atoms with E-state index in [-0.39, 0.29) is 12.2 Å². The number of nitrogens with zero attached hydrogens (tertiary/aromatic N) is 1. The lowest BCUT2D eigenvalue weighted by Gasteiger charge is -2.07. The quantitative estimate of drug-likeness (QED) is 0.514. The van der Waals surface area contributed by atoms with E-state index in [4.69, 9.17) is 9.15 Å². The van der Waals surface area contributed by atoms with Crippen molar-refractivity contribution in [1.29, 1.82) is 0 Å². The SMILES string of the molecule is C=CCNC(=O)COC(=O)c1ccccc1-c1ncc(-c2ccccc2)o1. The highest BCUT2D eigenvalue weighted by Gasteiger charge is 2.18. The number of oxazole rings is 1. The van der Waals surface area contributed by atoms with E-state index >= 15 is 0 Å². The van der Waals surface area contributed by atoms with Gasteiger partial charge in [-0.05, 0) is 12.1 Å². The molecule has 3 rings (SSSR count). The summed E-state index contributed by atoms with van der Waals surface area (Å²) in [6, 6.07) is 16.3. The Bertz CT molecular complexity index is 948. The molecule has 3 aromatic rings. The maximum atomic E-state index is 12.4. The highest BCUT2D eigenvalue weighted by molar-refractivity contribution is 5.97. The van der Waals surface area contributed by atoms with Gasteiger partial charge < -0.3 is 14.5 Å². The molecule has 6 heteroatoms. The number of carbonyl (C=O) groups is 2. The van der Waals surface area contributed by atoms with Crippen molar-refractivity contribution in [3.8, 4) is 22.8 Å². The van der Waals surface area contributed by atoms with Crippen LogP contribution in [0.2, 0.25) is 0 Å². The Labute approximate surface area is 156 Å². The molecule has 0 aliphatic heterocycles. The normalized spacial score (nSPS) is 10.2. The minimum atomic E-state index is -0.626. The summed E-state index contributed by atoms with van der Waals surface area (Å²) < 4.78 is 10.9. The van der Waals surface area contributed by atoms with Gasteiger partial charge in [0, 0.05) is 12.1 Å². The standard InChI is InChI=1S/C21H18N2O4/c1-2-12-22-19(24)14-26-21(25)17-11-7-6-10-16(17)20-23-13-18(27-20)15-8-4-3-5-9-15/h2-11,13H,1,12,14H2,(H,22,24). The van der Waals surface area contributed by atoms with Crippen LogP contribution < -0.4 is 5.32 Å². The summed E-state index contributed by atoms with van der Waals surface area (Å²) >= 11 is 0. The van der Waals surface area contributed by atoms with Gasteiger partial charge in [-0.15, -0.1) is 6.58 Å². The number of aromatic nitrogens is 1. The highest BCUT2D eigenvalue weighted by atomic mass is 16.5. The fourth-order valence-electron chi connectivity index (χ4n) is 2.43. The molecule has 1 heterocycles. The van der Waals surface area contributed by atoms with E-state index in [9.17, 15) is 9.59 Å². The van der Waals surface area contributed by atoms with Crippen molar-refractivity contribution in [3.63, 3.8) is 0 Å². The first-order valence-electron chi connectivity index (χ1n) is 8.34. The van der Waals surface area contributed by atoms with Gasteiger partial charge in [-0.1, -0.05) is 48.5 Å². The predicted molar refractivity (Wildman–Crippen MR) is 101 cm³/mol. The van der Waals surface area contributed by atoms with E-state index in [2.05, 4.69) is 16.9 Å². The van der Waals surface area contributed by atoms with E-state index in [0.29, 0.717) is 23.8 Å². The number of hydrogen-bond donors (Lipinski definition) is 1. The lowest BCUT2D eigenvalue weighted by molar-refractivity contribution is -0.124. The Morgan fingerprint density at radius 2 is 1.85 bits per heavy atom. The highest BCUT2D eigenvalue weighted by Crippen LogP contribution is 2.28. The third kappa shape index (κ3) is 4.49. The van der Waals surface area contributed by atoms with Crippen LogP contribution in [0.15, 0.2) is 77.9 Å². The maximum absolute atomic E-state index is 12.4. The molecule has 1 N–H and O–H groups in total. The number of esters is 1. The molecule has 1 amide bonds. The second-order valence-electron chi connectivity index (χ2n) is 5.61. The summed E-state index contributed by atoms with van der Waals surface area (Å²) in [4.78, 5) is 28.3. The lowest BCUT2D eigenvalue weighted by atomic mass is 10.1. The smallest absolute Gasteiger partial charge is 0.339 e. The summed E-state index contributed by atoms with van der Waals surface area (Å²) in [6.07, 6.45) is 3.15. The second kappa shape index (κ2) is 8.62. The molecule has 0 saturated carbocycles. The molecule has 0 saturated heterocycles. The zero-order chi connectivity index (χ0) is 19.1. The molecule has 6 nitrogen and oxygen atoms in total. The Kier molecular flexibility index (Phi) is 5.79. The zero-order valence-corrected chi connectivity index (χ0v) is 14.6. The molecule has 0 aliphatic carbocycles. The molecule has 0 atom stereocenters. The predicted octanol–water partition coefficient (Wildman–Crippen LogP) is 3.47. The van der Waals surface area contributed by atoms with E-state index in [1.54, 1.807) is 36.5 Å². The van der Waals surface area contributed by atoms with Crippen molar-refractivity contribution in [3.05, 3.63) is 79.0 Å². The van der Waals surface area contributed by atoms with Gasteiger partial charge in [-0.25, -0.2) is 9.78 Å². The van der Waals surface area contributed by atoms with Crippen LogP contribution in [-0.2, 0) is 9.53 Å². The summed E-state index contributed by atoms with van der Waals surface area (Å²) in [6.45, 7) is 3.44. The number of amides is 1. The molecule has 1 aromatic heterocycles. The number of rotatable bonds is 7. The minimum absolute atomic E-state index is 0.274. The van der Waals surface area contributed by atoms with Gasteiger partial charge in [0.25, 0.3) is 5.91 Å². The van der Waals surface area contributed by atoms with Crippen LogP contribution in [-0.4, -0.2) is 30.0 Å². The minimum Gasteiger partial charge on any atom is -0.452 e. The van der Waals surface area contributed by atoms with E-state index in [1.165, 1.54) is 0 Å². The molecule has 0 bridgehead atoms. The molecular formula is C21H18N2O4. The van der Waals surface area contributed by atoms with Crippen molar-refractivity contribution in [2.45, 2.75) is 0 Å². The van der Waals surface area contributed by atoms with Crippen molar-refractivity contribution >= 4 is 11.9 Å². The first-order valence-corrected chi connectivity index (χ1v) is 8.34. The first-order chi connectivity index (χ1) is 13.2. The molecule has 0 spiro atoms. The van der Waals surface area contributed by atoms with Gasteiger partial charge in [-0.3, -0.25) is 4.79 Å². The molecule has 0 radical (unpaired) electrons. The Balaban J connectivity index is 1.78. The average Bonchev–Trinajstić information content (AvgIpc) is 3.21. The van der Waals surface area contributed by atoms with Crippen molar-refractivity contribution in [2.75, 3.05) is 13.2 Å². The molecule has 2 aromatic carbocycles. The largest absolute Gasteiger partial charge is 0.452 e. The molecule has 136 valence electrons. The van der Waals surface area contributed by atoms with Gasteiger partial charge in [-0.2, -0.15) is 0 Å². The summed E-state index contributed by atoms with van der Waals surface area (Å²) in [5.41, 5.74) is 1.65. The van der Waals surface area contributed by atoms with Crippen LogP contribution in [0, 0.1) is 0 Å². The van der Waals surface area contributed by atoms with Gasteiger partial charge >= 0.3 is 5.97 Å². The second-order valence-corrected chi connectivity index (χ2v) is 5.61. The number of carbonyl (C=O) groups excluding carboxylic acids is 2. The topological polar surface area (TPSA) is 81.4 Å². The van der Waals surface area contributed by atoms with Crippen LogP contribution in [0.25, 0.3) is 22.8 Å². The Morgan fingerprint density at radius 3 is 2.63 bits per heavy atom. The third-order valence-electron chi connectivity index (χ3n) is 3.72. The fraction of sp³-hybridized carbons (Fsp3) is 0.0952. The maximum Gasteiger partial charge on any atom is 0.339 e. The molecule has 0 fully saturated rings. The summed E-state index contributed by atoms with van der Waals surface area (Å²) in [5.74, 6) is -0.128. The van der Waals surface area contributed by atoms with Crippen LogP contribution in [0.3, 0.4) is 0 Å². The third-order valence-corrected chi connectivity index (χ3v) is 3.72. The number of nitrogens with one attached hydrogen (secondary N) is 1.